The van der Waals surface area contributed by atoms with Gasteiger partial charge >= 0.3 is 0 Å². The predicted molar refractivity (Wildman–Crippen MR) is 69.3 cm³/mol. The van der Waals surface area contributed by atoms with E-state index in [0.29, 0.717) is 11.5 Å². The lowest BCUT2D eigenvalue weighted by Gasteiger charge is -2.47. The van der Waals surface area contributed by atoms with Gasteiger partial charge in [0.25, 0.3) is 0 Å². The zero-order chi connectivity index (χ0) is 13.3. The van der Waals surface area contributed by atoms with Crippen molar-refractivity contribution in [1.82, 2.24) is 0 Å². The third kappa shape index (κ3) is 2.16. The molecule has 0 heterocycles. The summed E-state index contributed by atoms with van der Waals surface area (Å²) in [4.78, 5) is 0. The van der Waals surface area contributed by atoms with Gasteiger partial charge in [0.05, 0.1) is 0 Å². The molecule has 1 saturated carbocycles. The molecule has 0 saturated heterocycles. The minimum Gasteiger partial charge on any atom is -0.327 e. The Kier molecular flexibility index (Phi) is 3.71. The summed E-state index contributed by atoms with van der Waals surface area (Å²) in [6.07, 6.45) is 3.61. The largest absolute Gasteiger partial charge is 0.327 e. The molecule has 0 aromatic heterocycles. The molecule has 1 aromatic carbocycles. The zero-order valence-electron chi connectivity index (χ0n) is 11.0. The Labute approximate surface area is 107 Å². The monoisotopic (exact) mass is 253 g/mol. The molecule has 18 heavy (non-hydrogen) atoms. The van der Waals surface area contributed by atoms with E-state index >= 15 is 0 Å². The molecule has 1 aliphatic rings. The van der Waals surface area contributed by atoms with E-state index in [2.05, 4.69) is 13.8 Å². The van der Waals surface area contributed by atoms with Crippen LogP contribution in [-0.4, -0.2) is 6.04 Å². The number of hydrogen-bond donors (Lipinski definition) is 1. The van der Waals surface area contributed by atoms with Crippen molar-refractivity contribution in [2.24, 2.45) is 11.7 Å². The van der Waals surface area contributed by atoms with Gasteiger partial charge < -0.3 is 5.73 Å². The van der Waals surface area contributed by atoms with E-state index in [1.165, 1.54) is 6.07 Å². The molecular weight excluding hydrogens is 232 g/mol. The van der Waals surface area contributed by atoms with Gasteiger partial charge in [-0.1, -0.05) is 32.4 Å². The van der Waals surface area contributed by atoms with Crippen LogP contribution in [0.4, 0.5) is 8.78 Å². The molecule has 1 atom stereocenters. The van der Waals surface area contributed by atoms with Crippen LogP contribution in [0.2, 0.25) is 0 Å². The molecule has 0 bridgehead atoms. The van der Waals surface area contributed by atoms with Gasteiger partial charge in [-0.05, 0) is 36.8 Å². The fourth-order valence-corrected chi connectivity index (χ4v) is 3.02. The highest BCUT2D eigenvalue weighted by molar-refractivity contribution is 5.32. The van der Waals surface area contributed by atoms with E-state index in [1.54, 1.807) is 12.1 Å². The van der Waals surface area contributed by atoms with Gasteiger partial charge in [-0.3, -0.25) is 0 Å². The molecule has 0 radical (unpaired) electrons. The standard InChI is InChI=1S/C15H21F2N/c1-10(2)9-13(18)15(7-4-8-15)11-5-3-6-12(16)14(11)17/h3,5-6,10,13H,4,7-9,18H2,1-2H3. The Morgan fingerprint density at radius 1 is 1.28 bits per heavy atom. The highest BCUT2D eigenvalue weighted by Gasteiger charge is 2.45. The zero-order valence-corrected chi connectivity index (χ0v) is 11.0. The summed E-state index contributed by atoms with van der Waals surface area (Å²) in [5, 5.41) is 0. The Balaban J connectivity index is 2.35. The second-order valence-corrected chi connectivity index (χ2v) is 5.85. The molecule has 1 fully saturated rings. The lowest BCUT2D eigenvalue weighted by Crippen LogP contribution is -2.51. The van der Waals surface area contributed by atoms with Crippen molar-refractivity contribution < 1.29 is 8.78 Å². The normalized spacial score (nSPS) is 19.7. The van der Waals surface area contributed by atoms with Crippen molar-refractivity contribution in [3.63, 3.8) is 0 Å². The highest BCUT2D eigenvalue weighted by atomic mass is 19.2. The molecule has 2 rings (SSSR count). The summed E-state index contributed by atoms with van der Waals surface area (Å²) in [6.45, 7) is 4.21. The summed E-state index contributed by atoms with van der Waals surface area (Å²) < 4.78 is 27.4. The van der Waals surface area contributed by atoms with Crippen LogP contribution in [0, 0.1) is 17.6 Å². The Morgan fingerprint density at radius 2 is 1.94 bits per heavy atom. The average molecular weight is 253 g/mol. The average Bonchev–Trinajstić information content (AvgIpc) is 2.21. The Hall–Kier alpha value is -0.960. The molecule has 0 amide bonds. The van der Waals surface area contributed by atoms with E-state index in [9.17, 15) is 8.78 Å². The fourth-order valence-electron chi connectivity index (χ4n) is 3.02. The SMILES string of the molecule is CC(C)CC(N)C1(c2cccc(F)c2F)CCC1. The summed E-state index contributed by atoms with van der Waals surface area (Å²) in [5.74, 6) is -1.01. The van der Waals surface area contributed by atoms with Crippen molar-refractivity contribution >= 4 is 0 Å². The first kappa shape index (κ1) is 13.5. The lowest BCUT2D eigenvalue weighted by atomic mass is 9.59. The number of benzene rings is 1. The lowest BCUT2D eigenvalue weighted by molar-refractivity contribution is 0.171. The van der Waals surface area contributed by atoms with Gasteiger partial charge in [0.1, 0.15) is 0 Å². The van der Waals surface area contributed by atoms with Crippen molar-refractivity contribution in [3.05, 3.63) is 35.4 Å². The Bertz CT molecular complexity index is 425. The number of rotatable bonds is 4. The maximum absolute atomic E-state index is 14.0. The predicted octanol–water partition coefficient (Wildman–Crippen LogP) is 3.76. The van der Waals surface area contributed by atoms with Crippen molar-refractivity contribution in [1.29, 1.82) is 0 Å². The van der Waals surface area contributed by atoms with E-state index in [0.717, 1.165) is 25.7 Å². The second-order valence-electron chi connectivity index (χ2n) is 5.85. The molecule has 1 nitrogen and oxygen atoms in total. The minimum absolute atomic E-state index is 0.0949. The highest BCUT2D eigenvalue weighted by Crippen LogP contribution is 2.48. The molecular formula is C15H21F2N. The smallest absolute Gasteiger partial charge is 0.162 e. The number of halogens is 2. The third-order valence-electron chi connectivity index (χ3n) is 4.17. The fraction of sp³-hybridized carbons (Fsp3) is 0.600. The van der Waals surface area contributed by atoms with Gasteiger partial charge in [-0.25, -0.2) is 8.78 Å². The number of hydrogen-bond acceptors (Lipinski definition) is 1. The van der Waals surface area contributed by atoms with Crippen LogP contribution in [0.1, 0.15) is 45.1 Å². The summed E-state index contributed by atoms with van der Waals surface area (Å²) >= 11 is 0. The quantitative estimate of drug-likeness (QED) is 0.868. The van der Waals surface area contributed by atoms with E-state index < -0.39 is 11.6 Å². The van der Waals surface area contributed by atoms with Crippen molar-refractivity contribution in [2.75, 3.05) is 0 Å². The van der Waals surface area contributed by atoms with Crippen LogP contribution in [0.5, 0.6) is 0 Å². The molecule has 1 aromatic rings. The van der Waals surface area contributed by atoms with Crippen LogP contribution < -0.4 is 5.73 Å². The first-order chi connectivity index (χ1) is 8.47. The van der Waals surface area contributed by atoms with Crippen LogP contribution in [0.3, 0.4) is 0 Å². The van der Waals surface area contributed by atoms with E-state index in [4.69, 9.17) is 5.73 Å². The molecule has 100 valence electrons. The van der Waals surface area contributed by atoms with Gasteiger partial charge in [0.15, 0.2) is 11.6 Å². The van der Waals surface area contributed by atoms with Crippen LogP contribution in [0.25, 0.3) is 0 Å². The van der Waals surface area contributed by atoms with Crippen LogP contribution in [-0.2, 0) is 5.41 Å². The Morgan fingerprint density at radius 3 is 2.44 bits per heavy atom. The first-order valence-corrected chi connectivity index (χ1v) is 6.67. The maximum atomic E-state index is 14.0. The van der Waals surface area contributed by atoms with Crippen molar-refractivity contribution in [3.8, 4) is 0 Å². The number of nitrogens with two attached hydrogens (primary N) is 1. The van der Waals surface area contributed by atoms with Gasteiger partial charge in [-0.15, -0.1) is 0 Å². The van der Waals surface area contributed by atoms with Crippen LogP contribution >= 0.6 is 0 Å². The maximum Gasteiger partial charge on any atom is 0.162 e. The summed E-state index contributed by atoms with van der Waals surface area (Å²) in [6, 6.07) is 4.34. The van der Waals surface area contributed by atoms with E-state index in [1.807, 2.05) is 0 Å². The van der Waals surface area contributed by atoms with Crippen molar-refractivity contribution in [2.45, 2.75) is 51.0 Å². The molecule has 2 N–H and O–H groups in total. The minimum atomic E-state index is -0.768. The van der Waals surface area contributed by atoms with Gasteiger partial charge in [0.2, 0.25) is 0 Å². The molecule has 3 heteroatoms. The first-order valence-electron chi connectivity index (χ1n) is 6.67. The van der Waals surface area contributed by atoms with E-state index in [-0.39, 0.29) is 11.5 Å². The van der Waals surface area contributed by atoms with Gasteiger partial charge in [0, 0.05) is 11.5 Å². The third-order valence-corrected chi connectivity index (χ3v) is 4.17. The summed E-state index contributed by atoms with van der Waals surface area (Å²) in [7, 11) is 0. The second kappa shape index (κ2) is 4.96. The molecule has 0 spiro atoms. The van der Waals surface area contributed by atoms with Crippen LogP contribution in [0.15, 0.2) is 18.2 Å². The molecule has 0 aliphatic heterocycles. The topological polar surface area (TPSA) is 26.0 Å². The molecule has 1 aliphatic carbocycles. The molecule has 1 unspecified atom stereocenters. The summed E-state index contributed by atoms with van der Waals surface area (Å²) in [5.41, 5.74) is 6.40. The van der Waals surface area contributed by atoms with Gasteiger partial charge in [-0.2, -0.15) is 0 Å².